The van der Waals surface area contributed by atoms with Crippen LogP contribution in [-0.4, -0.2) is 63.0 Å². The molecule has 2 fully saturated rings. The van der Waals surface area contributed by atoms with Gasteiger partial charge >= 0.3 is 0 Å². The molecule has 2 saturated heterocycles. The van der Waals surface area contributed by atoms with Gasteiger partial charge in [-0.2, -0.15) is 0 Å². The van der Waals surface area contributed by atoms with Gasteiger partial charge in [0, 0.05) is 25.8 Å². The second-order valence-corrected chi connectivity index (χ2v) is 8.52. The lowest BCUT2D eigenvalue weighted by atomic mass is 9.69. The second kappa shape index (κ2) is 6.45. The number of hydrogen-bond acceptors (Lipinski definition) is 6. The van der Waals surface area contributed by atoms with Crippen molar-refractivity contribution >= 4 is 15.9 Å². The van der Waals surface area contributed by atoms with E-state index in [4.69, 9.17) is 9.26 Å². The van der Waals surface area contributed by atoms with Gasteiger partial charge in [0.2, 0.25) is 10.0 Å². The Labute approximate surface area is 141 Å². The Morgan fingerprint density at radius 1 is 1.38 bits per heavy atom. The third-order valence-corrected chi connectivity index (χ3v) is 5.73. The Kier molecular flexibility index (Phi) is 4.67. The number of likely N-dealkylation sites (tertiary alicyclic amines) is 1. The lowest BCUT2D eigenvalue weighted by Gasteiger charge is -2.48. The van der Waals surface area contributed by atoms with E-state index in [0.717, 1.165) is 19.3 Å². The van der Waals surface area contributed by atoms with Gasteiger partial charge in [-0.05, 0) is 31.6 Å². The molecule has 0 aliphatic carbocycles. The minimum absolute atomic E-state index is 0.138. The topological polar surface area (TPSA) is 102 Å². The molecule has 0 radical (unpaired) electrons. The van der Waals surface area contributed by atoms with Gasteiger partial charge in [-0.1, -0.05) is 5.16 Å². The molecule has 2 aliphatic rings. The van der Waals surface area contributed by atoms with E-state index in [1.807, 2.05) is 0 Å². The maximum absolute atomic E-state index is 12.5. The summed E-state index contributed by atoms with van der Waals surface area (Å²) in [6.07, 6.45) is 3.45. The Morgan fingerprint density at radius 2 is 2.08 bits per heavy atom. The molecule has 1 N–H and O–H groups in total. The summed E-state index contributed by atoms with van der Waals surface area (Å²) < 4.78 is 36.4. The van der Waals surface area contributed by atoms with Crippen LogP contribution in [0.1, 0.15) is 35.5 Å². The van der Waals surface area contributed by atoms with Crippen LogP contribution in [-0.2, 0) is 14.8 Å². The normalized spacial score (nSPS) is 24.2. The molecule has 1 amide bonds. The number of rotatable bonds is 3. The quantitative estimate of drug-likeness (QED) is 0.847. The third-order valence-electron chi connectivity index (χ3n) is 5.02. The van der Waals surface area contributed by atoms with E-state index in [2.05, 4.69) is 9.88 Å². The van der Waals surface area contributed by atoms with Crippen LogP contribution in [0.3, 0.4) is 0 Å². The second-order valence-electron chi connectivity index (χ2n) is 6.74. The van der Waals surface area contributed by atoms with Crippen molar-refractivity contribution in [1.29, 1.82) is 0 Å². The van der Waals surface area contributed by atoms with Gasteiger partial charge in [0.1, 0.15) is 5.76 Å². The van der Waals surface area contributed by atoms with Crippen molar-refractivity contribution in [3.8, 4) is 0 Å². The molecule has 134 valence electrons. The van der Waals surface area contributed by atoms with Gasteiger partial charge in [0.15, 0.2) is 5.69 Å². The van der Waals surface area contributed by atoms with Crippen LogP contribution < -0.4 is 4.72 Å². The highest BCUT2D eigenvalue weighted by Gasteiger charge is 2.45. The first-order valence-electron chi connectivity index (χ1n) is 8.07. The highest BCUT2D eigenvalue weighted by Crippen LogP contribution is 2.41. The van der Waals surface area contributed by atoms with Gasteiger partial charge < -0.3 is 14.2 Å². The molecular weight excluding hydrogens is 334 g/mol. The number of piperidine rings is 1. The molecule has 3 rings (SSSR count). The fraction of sp³-hybridized carbons (Fsp3) is 0.733. The maximum Gasteiger partial charge on any atom is 0.276 e. The van der Waals surface area contributed by atoms with Crippen molar-refractivity contribution in [1.82, 2.24) is 14.8 Å². The van der Waals surface area contributed by atoms with Crippen LogP contribution in [0.2, 0.25) is 0 Å². The van der Waals surface area contributed by atoms with E-state index in [1.54, 1.807) is 17.9 Å². The molecule has 0 bridgehead atoms. The molecule has 3 heterocycles. The summed E-state index contributed by atoms with van der Waals surface area (Å²) in [6.45, 7) is 3.90. The van der Waals surface area contributed by atoms with Crippen molar-refractivity contribution in [2.45, 2.75) is 32.2 Å². The fourth-order valence-electron chi connectivity index (χ4n) is 3.63. The molecule has 0 saturated carbocycles. The summed E-state index contributed by atoms with van der Waals surface area (Å²) in [6, 6.07) is 1.39. The van der Waals surface area contributed by atoms with Crippen LogP contribution in [0.4, 0.5) is 0 Å². The Balaban J connectivity index is 1.69. The largest absolute Gasteiger partial charge is 0.380 e. The number of aromatic nitrogens is 1. The first kappa shape index (κ1) is 17.4. The predicted octanol–water partition coefficient (Wildman–Crippen LogP) is 0.544. The number of amides is 1. The van der Waals surface area contributed by atoms with Crippen molar-refractivity contribution in [3.63, 3.8) is 0 Å². The van der Waals surface area contributed by atoms with E-state index < -0.39 is 10.0 Å². The van der Waals surface area contributed by atoms with Gasteiger partial charge in [-0.15, -0.1) is 0 Å². The molecule has 1 aromatic rings. The summed E-state index contributed by atoms with van der Waals surface area (Å²) in [7, 11) is -3.30. The first-order chi connectivity index (χ1) is 11.3. The SMILES string of the molecule is Cc1cc(C(=O)N2CCC3(CCOC[C@@H]3NS(C)(=O)=O)CC2)no1. The van der Waals surface area contributed by atoms with Crippen LogP contribution >= 0.6 is 0 Å². The van der Waals surface area contributed by atoms with Gasteiger partial charge in [-0.3, -0.25) is 4.79 Å². The monoisotopic (exact) mass is 357 g/mol. The number of sulfonamides is 1. The molecule has 1 atom stereocenters. The molecule has 9 heteroatoms. The van der Waals surface area contributed by atoms with E-state index >= 15 is 0 Å². The molecule has 1 spiro atoms. The first-order valence-corrected chi connectivity index (χ1v) is 9.96. The maximum atomic E-state index is 12.5. The predicted molar refractivity (Wildman–Crippen MR) is 86.0 cm³/mol. The molecular formula is C15H23N3O5S. The molecule has 8 nitrogen and oxygen atoms in total. The highest BCUT2D eigenvalue weighted by atomic mass is 32.2. The lowest BCUT2D eigenvalue weighted by Crippen LogP contribution is -2.57. The molecule has 0 unspecified atom stereocenters. The third kappa shape index (κ3) is 3.62. The average Bonchev–Trinajstić information content (AvgIpc) is 2.95. The van der Waals surface area contributed by atoms with Gasteiger partial charge in [0.05, 0.1) is 18.9 Å². The summed E-state index contributed by atoms with van der Waals surface area (Å²) in [5.74, 6) is 0.468. The summed E-state index contributed by atoms with van der Waals surface area (Å²) in [4.78, 5) is 14.2. The van der Waals surface area contributed by atoms with Crippen molar-refractivity contribution in [3.05, 3.63) is 17.5 Å². The number of ether oxygens (including phenoxy) is 1. The molecule has 24 heavy (non-hydrogen) atoms. The van der Waals surface area contributed by atoms with Gasteiger partial charge in [-0.25, -0.2) is 13.1 Å². The zero-order chi connectivity index (χ0) is 17.4. The minimum atomic E-state index is -3.30. The number of hydrogen-bond donors (Lipinski definition) is 1. The summed E-state index contributed by atoms with van der Waals surface area (Å²) in [5.41, 5.74) is 0.166. The van der Waals surface area contributed by atoms with Crippen LogP contribution in [0.25, 0.3) is 0 Å². The van der Waals surface area contributed by atoms with Gasteiger partial charge in [0.25, 0.3) is 5.91 Å². The Morgan fingerprint density at radius 3 is 2.67 bits per heavy atom. The van der Waals surface area contributed by atoms with Crippen LogP contribution in [0, 0.1) is 12.3 Å². The molecule has 1 aromatic heterocycles. The van der Waals surface area contributed by atoms with E-state index in [9.17, 15) is 13.2 Å². The van der Waals surface area contributed by atoms with Crippen LogP contribution in [0.5, 0.6) is 0 Å². The minimum Gasteiger partial charge on any atom is -0.380 e. The van der Waals surface area contributed by atoms with E-state index in [1.165, 1.54) is 6.26 Å². The summed E-state index contributed by atoms with van der Waals surface area (Å²) >= 11 is 0. The Bertz CT molecular complexity index is 706. The average molecular weight is 357 g/mol. The number of carbonyl (C=O) groups excluding carboxylic acids is 1. The van der Waals surface area contributed by atoms with Crippen molar-refractivity contribution in [2.75, 3.05) is 32.6 Å². The molecule has 0 aromatic carbocycles. The number of nitrogens with one attached hydrogen (secondary N) is 1. The van der Waals surface area contributed by atoms with Crippen LogP contribution in [0.15, 0.2) is 10.6 Å². The Hall–Kier alpha value is -1.45. The summed E-state index contributed by atoms with van der Waals surface area (Å²) in [5, 5.41) is 3.78. The fourth-order valence-corrected chi connectivity index (χ4v) is 4.46. The van der Waals surface area contributed by atoms with Crippen molar-refractivity contribution < 1.29 is 22.5 Å². The number of nitrogens with zero attached hydrogens (tertiary/aromatic N) is 2. The number of aryl methyl sites for hydroxylation is 1. The van der Waals surface area contributed by atoms with Crippen molar-refractivity contribution in [2.24, 2.45) is 5.41 Å². The highest BCUT2D eigenvalue weighted by molar-refractivity contribution is 7.88. The smallest absolute Gasteiger partial charge is 0.276 e. The number of carbonyl (C=O) groups is 1. The standard InChI is InChI=1S/C15H23N3O5S/c1-11-9-12(16-23-11)14(19)18-6-3-15(4-7-18)5-8-22-10-13(15)17-24(2,20)21/h9,13,17H,3-8,10H2,1-2H3/t13-/m0/s1. The lowest BCUT2D eigenvalue weighted by molar-refractivity contribution is -0.0401. The zero-order valence-corrected chi connectivity index (χ0v) is 14.8. The van der Waals surface area contributed by atoms with E-state index in [0.29, 0.717) is 37.8 Å². The van der Waals surface area contributed by atoms with E-state index in [-0.39, 0.29) is 17.4 Å². The zero-order valence-electron chi connectivity index (χ0n) is 13.9. The molecule has 2 aliphatic heterocycles.